The smallest absolute Gasteiger partial charge is 0.243 e. The van der Waals surface area contributed by atoms with Crippen molar-refractivity contribution in [2.75, 3.05) is 19.6 Å². The molecular weight excluding hydrogens is 468 g/mol. The number of aryl methyl sites for hydroxylation is 1. The quantitative estimate of drug-likeness (QED) is 0.561. The molecule has 1 amide bonds. The second kappa shape index (κ2) is 9.31. The minimum Gasteiger partial charge on any atom is -0.339 e. The van der Waals surface area contributed by atoms with Gasteiger partial charge in [0.05, 0.1) is 4.90 Å². The van der Waals surface area contributed by atoms with E-state index in [2.05, 4.69) is 47.4 Å². The predicted octanol–water partition coefficient (Wildman–Crippen LogP) is 5.42. The fourth-order valence-corrected chi connectivity index (χ4v) is 7.52. The van der Waals surface area contributed by atoms with E-state index in [9.17, 15) is 13.2 Å². The molecule has 0 bridgehead atoms. The molecule has 0 atom stereocenters. The molecule has 5 nitrogen and oxygen atoms in total. The zero-order valence-corrected chi connectivity index (χ0v) is 21.6. The van der Waals surface area contributed by atoms with Gasteiger partial charge in [-0.3, -0.25) is 4.79 Å². The van der Waals surface area contributed by atoms with Crippen molar-refractivity contribution in [2.45, 2.75) is 62.3 Å². The van der Waals surface area contributed by atoms with E-state index in [1.54, 1.807) is 16.4 Å². The van der Waals surface area contributed by atoms with E-state index in [0.717, 1.165) is 62.6 Å². The molecule has 2 aliphatic heterocycles. The summed E-state index contributed by atoms with van der Waals surface area (Å²) in [5.74, 6) is 0.288. The van der Waals surface area contributed by atoms with Crippen LogP contribution in [0.5, 0.6) is 0 Å². The Balaban J connectivity index is 1.15. The molecule has 2 aliphatic carbocycles. The number of amides is 1. The summed E-state index contributed by atoms with van der Waals surface area (Å²) in [6, 6.07) is 14.3. The standard InChI is InChI=1S/C30H34N2O3S/c33-29-15-16-30(22-32(29)27-11-12-27)17-19-31(20-18-30)36(34,35)28-13-9-24(10-14-28)26-8-7-23-5-3-1-2-4-6-25(23)21-26/h1-3,5,7-10,13-14,21,27H,4,6,11-12,15-20,22H2. The first-order valence-electron chi connectivity index (χ1n) is 13.3. The Morgan fingerprint density at radius 2 is 1.61 bits per heavy atom. The van der Waals surface area contributed by atoms with Crippen LogP contribution in [0.3, 0.4) is 0 Å². The van der Waals surface area contributed by atoms with Crippen molar-refractivity contribution in [3.8, 4) is 11.1 Å². The van der Waals surface area contributed by atoms with Gasteiger partial charge in [0.15, 0.2) is 0 Å². The van der Waals surface area contributed by atoms with Crippen LogP contribution in [0.4, 0.5) is 0 Å². The highest BCUT2D eigenvalue weighted by molar-refractivity contribution is 7.89. The molecule has 0 aromatic heterocycles. The number of carbonyl (C=O) groups excluding carboxylic acids is 1. The van der Waals surface area contributed by atoms with Gasteiger partial charge in [0, 0.05) is 32.1 Å². The van der Waals surface area contributed by atoms with Crippen LogP contribution in [0, 0.1) is 5.41 Å². The number of sulfonamides is 1. The van der Waals surface area contributed by atoms with Crippen LogP contribution in [0.15, 0.2) is 65.6 Å². The average Bonchev–Trinajstić information content (AvgIpc) is 3.72. The summed E-state index contributed by atoms with van der Waals surface area (Å²) in [4.78, 5) is 14.8. The number of rotatable bonds is 4. The van der Waals surface area contributed by atoms with Crippen LogP contribution < -0.4 is 0 Å². The minimum absolute atomic E-state index is 0.0850. The molecule has 0 N–H and O–H groups in total. The second-order valence-electron chi connectivity index (χ2n) is 10.9. The normalized spacial score (nSPS) is 22.3. The van der Waals surface area contributed by atoms with Crippen molar-refractivity contribution in [3.63, 3.8) is 0 Å². The van der Waals surface area contributed by atoms with Gasteiger partial charge in [-0.25, -0.2) is 8.42 Å². The van der Waals surface area contributed by atoms with Gasteiger partial charge in [-0.2, -0.15) is 4.31 Å². The summed E-state index contributed by atoms with van der Waals surface area (Å²) < 4.78 is 28.6. The zero-order chi connectivity index (χ0) is 24.8. The summed E-state index contributed by atoms with van der Waals surface area (Å²) in [6.45, 7) is 1.87. The summed E-state index contributed by atoms with van der Waals surface area (Å²) in [7, 11) is -3.53. The molecule has 1 spiro atoms. The topological polar surface area (TPSA) is 57.7 Å². The highest BCUT2D eigenvalue weighted by Gasteiger charge is 2.46. The Bertz CT molecular complexity index is 1310. The lowest BCUT2D eigenvalue weighted by molar-refractivity contribution is -0.139. The number of benzene rings is 2. The molecule has 1 saturated carbocycles. The number of carbonyl (C=O) groups is 1. The Hall–Kier alpha value is -2.70. The molecule has 2 aromatic carbocycles. The molecule has 2 aromatic rings. The number of fused-ring (bicyclic) bond motifs is 1. The molecule has 6 rings (SSSR count). The number of piperidine rings is 2. The third kappa shape index (κ3) is 4.57. The third-order valence-electron chi connectivity index (χ3n) is 8.54. The fourth-order valence-electron chi connectivity index (χ4n) is 6.08. The van der Waals surface area contributed by atoms with Gasteiger partial charge in [0.1, 0.15) is 0 Å². The van der Waals surface area contributed by atoms with Crippen molar-refractivity contribution < 1.29 is 13.2 Å². The maximum absolute atomic E-state index is 13.5. The largest absolute Gasteiger partial charge is 0.339 e. The van der Waals surface area contributed by atoms with E-state index in [4.69, 9.17) is 0 Å². The van der Waals surface area contributed by atoms with Gasteiger partial charge < -0.3 is 4.90 Å². The predicted molar refractivity (Wildman–Crippen MR) is 143 cm³/mol. The van der Waals surface area contributed by atoms with Crippen molar-refractivity contribution >= 4 is 22.0 Å². The summed E-state index contributed by atoms with van der Waals surface area (Å²) in [5.41, 5.74) is 4.79. The van der Waals surface area contributed by atoms with E-state index in [1.165, 1.54) is 11.1 Å². The molecule has 6 heteroatoms. The fraction of sp³-hybridized carbons (Fsp3) is 0.433. The van der Waals surface area contributed by atoms with E-state index in [0.29, 0.717) is 30.4 Å². The van der Waals surface area contributed by atoms with Crippen LogP contribution in [0.1, 0.15) is 56.1 Å². The van der Waals surface area contributed by atoms with E-state index >= 15 is 0 Å². The van der Waals surface area contributed by atoms with Crippen LogP contribution in [-0.4, -0.2) is 49.2 Å². The van der Waals surface area contributed by atoms with Gasteiger partial charge in [-0.05, 0) is 84.7 Å². The van der Waals surface area contributed by atoms with Crippen LogP contribution >= 0.6 is 0 Å². The van der Waals surface area contributed by atoms with Crippen LogP contribution in [0.25, 0.3) is 17.2 Å². The molecule has 2 heterocycles. The first-order chi connectivity index (χ1) is 17.4. The lowest BCUT2D eigenvalue weighted by atomic mass is 9.72. The summed E-state index contributed by atoms with van der Waals surface area (Å²) >= 11 is 0. The maximum atomic E-state index is 13.5. The number of hydrogen-bond donors (Lipinski definition) is 0. The van der Waals surface area contributed by atoms with Crippen LogP contribution in [0.2, 0.25) is 0 Å². The molecule has 188 valence electrons. The van der Waals surface area contributed by atoms with Gasteiger partial charge in [0.2, 0.25) is 15.9 Å². The van der Waals surface area contributed by atoms with E-state index in [1.807, 2.05) is 12.1 Å². The van der Waals surface area contributed by atoms with Crippen molar-refractivity contribution in [3.05, 3.63) is 71.8 Å². The number of allylic oxidation sites excluding steroid dienone is 3. The van der Waals surface area contributed by atoms with Crippen molar-refractivity contribution in [2.24, 2.45) is 5.41 Å². The monoisotopic (exact) mass is 502 g/mol. The number of hydrogen-bond acceptors (Lipinski definition) is 3. The van der Waals surface area contributed by atoms with Crippen molar-refractivity contribution in [1.29, 1.82) is 0 Å². The summed E-state index contributed by atoms with van der Waals surface area (Å²) in [5, 5.41) is 0. The third-order valence-corrected chi connectivity index (χ3v) is 10.5. The second-order valence-corrected chi connectivity index (χ2v) is 12.9. The molecule has 0 unspecified atom stereocenters. The lowest BCUT2D eigenvalue weighted by Crippen LogP contribution is -2.52. The highest BCUT2D eigenvalue weighted by Crippen LogP contribution is 2.44. The van der Waals surface area contributed by atoms with Crippen LogP contribution in [-0.2, 0) is 21.2 Å². The maximum Gasteiger partial charge on any atom is 0.243 e. The first kappa shape index (κ1) is 23.7. The molecule has 4 aliphatic rings. The molecule has 2 saturated heterocycles. The minimum atomic E-state index is -3.53. The zero-order valence-electron chi connectivity index (χ0n) is 20.7. The summed E-state index contributed by atoms with van der Waals surface area (Å²) in [6.07, 6.45) is 15.9. The Morgan fingerprint density at radius 3 is 2.36 bits per heavy atom. The number of likely N-dealkylation sites (tertiary alicyclic amines) is 1. The average molecular weight is 503 g/mol. The molecule has 36 heavy (non-hydrogen) atoms. The molecule has 3 fully saturated rings. The van der Waals surface area contributed by atoms with Gasteiger partial charge in [-0.15, -0.1) is 0 Å². The highest BCUT2D eigenvalue weighted by atomic mass is 32.2. The first-order valence-corrected chi connectivity index (χ1v) is 14.7. The van der Waals surface area contributed by atoms with E-state index < -0.39 is 10.0 Å². The Morgan fingerprint density at radius 1 is 0.861 bits per heavy atom. The number of nitrogens with zero attached hydrogens (tertiary/aromatic N) is 2. The lowest BCUT2D eigenvalue weighted by Gasteiger charge is -2.47. The Kier molecular flexibility index (Phi) is 6.12. The molecule has 0 radical (unpaired) electrons. The van der Waals surface area contributed by atoms with Gasteiger partial charge >= 0.3 is 0 Å². The van der Waals surface area contributed by atoms with E-state index in [-0.39, 0.29) is 11.3 Å². The van der Waals surface area contributed by atoms with Crippen molar-refractivity contribution in [1.82, 2.24) is 9.21 Å². The molecular formula is C30H34N2O3S. The van der Waals surface area contributed by atoms with Gasteiger partial charge in [-0.1, -0.05) is 54.6 Å². The van der Waals surface area contributed by atoms with Gasteiger partial charge in [0.25, 0.3) is 0 Å². The SMILES string of the molecule is O=C1CCC2(CCN(S(=O)(=O)c3ccc(-c4ccc5c(c4)CCC=CC=C5)cc3)CC2)CN1C1CC1. The Labute approximate surface area is 214 Å².